The first kappa shape index (κ1) is 17.4. The quantitative estimate of drug-likeness (QED) is 0.510. The van der Waals surface area contributed by atoms with E-state index in [1.54, 1.807) is 18.0 Å². The van der Waals surface area contributed by atoms with Crippen LogP contribution in [0.5, 0.6) is 0 Å². The van der Waals surface area contributed by atoms with E-state index < -0.39 is 0 Å². The van der Waals surface area contributed by atoms with Crippen LogP contribution in [0.1, 0.15) is 20.9 Å². The first-order valence-corrected chi connectivity index (χ1v) is 9.39. The van der Waals surface area contributed by atoms with Crippen LogP contribution in [-0.4, -0.2) is 27.6 Å². The first-order valence-electron chi connectivity index (χ1n) is 8.57. The summed E-state index contributed by atoms with van der Waals surface area (Å²) < 4.78 is 15.3. The van der Waals surface area contributed by atoms with Crippen molar-refractivity contribution < 1.29 is 9.18 Å². The molecule has 0 bridgehead atoms. The number of amides is 1. The van der Waals surface area contributed by atoms with Gasteiger partial charge >= 0.3 is 0 Å². The fraction of sp³-hybridized carbons (Fsp3) is 0.143. The molecule has 136 valence electrons. The number of fused-ring (bicyclic) bond motifs is 1. The third-order valence-electron chi connectivity index (χ3n) is 4.41. The topological polar surface area (TPSA) is 38.1 Å². The molecule has 0 unspecified atom stereocenters. The van der Waals surface area contributed by atoms with Gasteiger partial charge in [-0.2, -0.15) is 5.10 Å². The number of rotatable bonds is 4. The van der Waals surface area contributed by atoms with Crippen molar-refractivity contribution in [1.29, 1.82) is 0 Å². The summed E-state index contributed by atoms with van der Waals surface area (Å²) >= 11 is 1.42. The zero-order valence-corrected chi connectivity index (χ0v) is 15.8. The van der Waals surface area contributed by atoms with Crippen molar-refractivity contribution in [2.24, 2.45) is 0 Å². The Balaban J connectivity index is 1.65. The standard InChI is InChI=1S/C21H18FN3OS/c1-14-18-12-19(20(26)24(2)13-15-7-6-8-16(22)11-15)27-21(18)25(23-14)17-9-4-3-5-10-17/h3-12H,13H2,1-2H3. The summed E-state index contributed by atoms with van der Waals surface area (Å²) in [5.41, 5.74) is 2.61. The molecule has 0 atom stereocenters. The number of nitrogens with zero attached hydrogens (tertiary/aromatic N) is 3. The molecule has 6 heteroatoms. The molecule has 0 fully saturated rings. The number of para-hydroxylation sites is 1. The van der Waals surface area contributed by atoms with Gasteiger partial charge in [0.1, 0.15) is 10.6 Å². The lowest BCUT2D eigenvalue weighted by molar-refractivity contribution is 0.0790. The van der Waals surface area contributed by atoms with Gasteiger partial charge in [-0.05, 0) is 42.8 Å². The summed E-state index contributed by atoms with van der Waals surface area (Å²) in [7, 11) is 1.73. The molecule has 0 radical (unpaired) electrons. The minimum Gasteiger partial charge on any atom is -0.337 e. The number of hydrogen-bond acceptors (Lipinski definition) is 3. The van der Waals surface area contributed by atoms with Crippen LogP contribution >= 0.6 is 11.3 Å². The van der Waals surface area contributed by atoms with Crippen LogP contribution < -0.4 is 0 Å². The molecule has 1 amide bonds. The molecule has 27 heavy (non-hydrogen) atoms. The van der Waals surface area contributed by atoms with E-state index in [0.29, 0.717) is 11.4 Å². The van der Waals surface area contributed by atoms with Gasteiger partial charge in [-0.25, -0.2) is 9.07 Å². The van der Waals surface area contributed by atoms with Gasteiger partial charge in [-0.1, -0.05) is 30.3 Å². The van der Waals surface area contributed by atoms with Crippen molar-refractivity contribution in [3.63, 3.8) is 0 Å². The Morgan fingerprint density at radius 3 is 2.67 bits per heavy atom. The van der Waals surface area contributed by atoms with Crippen molar-refractivity contribution >= 4 is 27.5 Å². The maximum absolute atomic E-state index is 13.4. The van der Waals surface area contributed by atoms with Crippen LogP contribution in [0.25, 0.3) is 15.9 Å². The maximum Gasteiger partial charge on any atom is 0.264 e. The average Bonchev–Trinajstić information content (AvgIpc) is 3.22. The van der Waals surface area contributed by atoms with Gasteiger partial charge in [0, 0.05) is 19.0 Å². The summed E-state index contributed by atoms with van der Waals surface area (Å²) in [6.07, 6.45) is 0. The maximum atomic E-state index is 13.4. The second-order valence-corrected chi connectivity index (χ2v) is 7.48. The molecule has 2 aromatic heterocycles. The summed E-state index contributed by atoms with van der Waals surface area (Å²) in [4.78, 5) is 16.1. The third-order valence-corrected chi connectivity index (χ3v) is 5.51. The summed E-state index contributed by atoms with van der Waals surface area (Å²) in [5, 5.41) is 5.58. The first-order chi connectivity index (χ1) is 13.0. The van der Waals surface area contributed by atoms with Gasteiger partial charge in [0.05, 0.1) is 16.3 Å². The molecule has 0 N–H and O–H groups in total. The van der Waals surface area contributed by atoms with Crippen molar-refractivity contribution in [1.82, 2.24) is 14.7 Å². The Morgan fingerprint density at radius 1 is 1.15 bits per heavy atom. The van der Waals surface area contributed by atoms with E-state index in [0.717, 1.165) is 27.2 Å². The number of carbonyl (C=O) groups is 1. The predicted molar refractivity (Wildman–Crippen MR) is 106 cm³/mol. The SMILES string of the molecule is Cc1nn(-c2ccccc2)c2sc(C(=O)N(C)Cc3cccc(F)c3)cc12. The number of thiophene rings is 1. The van der Waals surface area contributed by atoms with Crippen molar-refractivity contribution in [3.05, 3.63) is 82.6 Å². The van der Waals surface area contributed by atoms with Crippen LogP contribution in [0.4, 0.5) is 4.39 Å². The Morgan fingerprint density at radius 2 is 1.93 bits per heavy atom. The highest BCUT2D eigenvalue weighted by Crippen LogP contribution is 2.31. The highest BCUT2D eigenvalue weighted by atomic mass is 32.1. The van der Waals surface area contributed by atoms with Gasteiger partial charge in [-0.3, -0.25) is 4.79 Å². The van der Waals surface area contributed by atoms with Crippen molar-refractivity contribution in [2.45, 2.75) is 13.5 Å². The van der Waals surface area contributed by atoms with E-state index in [2.05, 4.69) is 5.10 Å². The van der Waals surface area contributed by atoms with Crippen LogP contribution in [0, 0.1) is 12.7 Å². The largest absolute Gasteiger partial charge is 0.337 e. The van der Waals surface area contributed by atoms with E-state index >= 15 is 0 Å². The molecule has 2 heterocycles. The highest BCUT2D eigenvalue weighted by Gasteiger charge is 2.19. The highest BCUT2D eigenvalue weighted by molar-refractivity contribution is 7.20. The van der Waals surface area contributed by atoms with Crippen LogP contribution in [0.3, 0.4) is 0 Å². The fourth-order valence-corrected chi connectivity index (χ4v) is 4.24. The van der Waals surface area contributed by atoms with Crippen molar-refractivity contribution in [3.8, 4) is 5.69 Å². The smallest absolute Gasteiger partial charge is 0.264 e. The molecule has 4 aromatic rings. The molecular formula is C21H18FN3OS. The Kier molecular flexibility index (Phi) is 4.49. The molecule has 2 aromatic carbocycles. The number of aryl methyl sites for hydroxylation is 1. The van der Waals surface area contributed by atoms with Crippen molar-refractivity contribution in [2.75, 3.05) is 7.05 Å². The Bertz CT molecular complexity index is 1120. The molecule has 0 spiro atoms. The Labute approximate surface area is 160 Å². The number of halogens is 1. The van der Waals surface area contributed by atoms with Gasteiger partial charge in [0.25, 0.3) is 5.91 Å². The normalized spacial score (nSPS) is 11.1. The minimum atomic E-state index is -0.297. The molecular weight excluding hydrogens is 361 g/mol. The minimum absolute atomic E-state index is 0.0838. The fourth-order valence-electron chi connectivity index (χ4n) is 3.07. The van der Waals surface area contributed by atoms with E-state index in [1.165, 1.54) is 23.5 Å². The molecule has 0 saturated carbocycles. The molecule has 0 aliphatic rings. The van der Waals surface area contributed by atoms with Gasteiger partial charge < -0.3 is 4.90 Å². The lowest BCUT2D eigenvalue weighted by atomic mass is 10.2. The number of carbonyl (C=O) groups excluding carboxylic acids is 1. The average molecular weight is 379 g/mol. The molecule has 4 rings (SSSR count). The van der Waals surface area contributed by atoms with Crippen LogP contribution in [0.15, 0.2) is 60.7 Å². The van der Waals surface area contributed by atoms with Crippen LogP contribution in [0.2, 0.25) is 0 Å². The van der Waals surface area contributed by atoms with E-state index in [1.807, 2.05) is 54.1 Å². The second-order valence-electron chi connectivity index (χ2n) is 6.45. The second kappa shape index (κ2) is 6.96. The van der Waals surface area contributed by atoms with Gasteiger partial charge in [0.2, 0.25) is 0 Å². The summed E-state index contributed by atoms with van der Waals surface area (Å²) in [6, 6.07) is 18.1. The summed E-state index contributed by atoms with van der Waals surface area (Å²) in [6.45, 7) is 2.30. The van der Waals surface area contributed by atoms with E-state index in [-0.39, 0.29) is 11.7 Å². The molecule has 0 saturated heterocycles. The monoisotopic (exact) mass is 379 g/mol. The van der Waals surface area contributed by atoms with E-state index in [9.17, 15) is 9.18 Å². The summed E-state index contributed by atoms with van der Waals surface area (Å²) in [5.74, 6) is -0.381. The molecule has 0 aliphatic carbocycles. The number of aromatic nitrogens is 2. The number of hydrogen-bond donors (Lipinski definition) is 0. The van der Waals surface area contributed by atoms with E-state index in [4.69, 9.17) is 0 Å². The van der Waals surface area contributed by atoms with Gasteiger partial charge in [0.15, 0.2) is 0 Å². The Hall–Kier alpha value is -2.99. The molecule has 0 aliphatic heterocycles. The third kappa shape index (κ3) is 3.36. The lowest BCUT2D eigenvalue weighted by Gasteiger charge is -2.16. The lowest BCUT2D eigenvalue weighted by Crippen LogP contribution is -2.25. The van der Waals surface area contributed by atoms with Crippen LogP contribution in [-0.2, 0) is 6.54 Å². The molecule has 4 nitrogen and oxygen atoms in total. The van der Waals surface area contributed by atoms with Gasteiger partial charge in [-0.15, -0.1) is 11.3 Å². The number of benzene rings is 2. The predicted octanol–water partition coefficient (Wildman–Crippen LogP) is 4.81. The zero-order valence-electron chi connectivity index (χ0n) is 15.0. The zero-order chi connectivity index (χ0) is 19.0.